The minimum Gasteiger partial charge on any atom is -0.316 e. The second-order valence-corrected chi connectivity index (χ2v) is 1.52. The molecule has 0 heterocycles. The number of hydrogen-bond donors (Lipinski definition) is 2. The Morgan fingerprint density at radius 2 is 2.20 bits per heavy atom. The van der Waals surface area contributed by atoms with Crippen molar-refractivity contribution in [3.05, 3.63) is 0 Å². The van der Waals surface area contributed by atoms with E-state index in [-0.39, 0.29) is 6.17 Å². The number of nitrogens with one attached hydrogen (secondary N) is 1. The van der Waals surface area contributed by atoms with Crippen molar-refractivity contribution in [1.29, 1.82) is 0 Å². The van der Waals surface area contributed by atoms with Crippen molar-refractivity contribution < 1.29 is 0 Å². The fraction of sp³-hybridized carbons (Fsp3) is 1.00. The third-order valence-electron chi connectivity index (χ3n) is 0.172. The van der Waals surface area contributed by atoms with Crippen LogP contribution in [0.25, 0.3) is 0 Å². The first-order chi connectivity index (χ1) is 2.27. The van der Waals surface area contributed by atoms with Crippen LogP contribution >= 0.6 is 22.9 Å². The largest absolute Gasteiger partial charge is 0.316 e. The lowest BCUT2D eigenvalue weighted by atomic mass is 10.7. The van der Waals surface area contributed by atoms with E-state index in [2.05, 4.69) is 3.53 Å². The molecule has 0 aromatic rings. The molecule has 0 aliphatic heterocycles. The zero-order valence-corrected chi connectivity index (χ0v) is 5.19. The van der Waals surface area contributed by atoms with Gasteiger partial charge in [-0.3, -0.25) is 0 Å². The van der Waals surface area contributed by atoms with Crippen molar-refractivity contribution in [1.82, 2.24) is 3.53 Å². The lowest BCUT2D eigenvalue weighted by Crippen LogP contribution is -2.25. The van der Waals surface area contributed by atoms with Crippen LogP contribution in [0.5, 0.6) is 0 Å². The van der Waals surface area contributed by atoms with Crippen LogP contribution in [0.1, 0.15) is 6.92 Å². The first-order valence-corrected chi connectivity index (χ1v) is 2.47. The molecular formula is C2H7IN2. The Balaban J connectivity index is 2.54. The van der Waals surface area contributed by atoms with Gasteiger partial charge < -0.3 is 5.73 Å². The Hall–Kier alpha value is 0.650. The summed E-state index contributed by atoms with van der Waals surface area (Å²) in [7, 11) is 0. The molecule has 0 rings (SSSR count). The second-order valence-electron chi connectivity index (χ2n) is 0.898. The van der Waals surface area contributed by atoms with Crippen LogP contribution in [0, 0.1) is 0 Å². The summed E-state index contributed by atoms with van der Waals surface area (Å²) in [6.45, 7) is 1.88. The highest BCUT2D eigenvalue weighted by atomic mass is 127. The standard InChI is InChI=1S/C2H7IN2/c1-2(4)5-3/h2,5H,4H2,1H3. The molecule has 0 saturated carbocycles. The Labute approximate surface area is 45.6 Å². The third kappa shape index (κ3) is 4.65. The Morgan fingerprint density at radius 3 is 2.20 bits per heavy atom. The number of rotatable bonds is 1. The summed E-state index contributed by atoms with van der Waals surface area (Å²) in [5.41, 5.74) is 5.17. The van der Waals surface area contributed by atoms with E-state index in [0.29, 0.717) is 0 Å². The van der Waals surface area contributed by atoms with E-state index in [4.69, 9.17) is 5.73 Å². The van der Waals surface area contributed by atoms with Crippen molar-refractivity contribution in [2.24, 2.45) is 5.73 Å². The summed E-state index contributed by atoms with van der Waals surface area (Å²) < 4.78 is 2.78. The van der Waals surface area contributed by atoms with E-state index in [1.165, 1.54) is 0 Å². The predicted octanol–water partition coefficient (Wildman–Crippen LogP) is 0.231. The van der Waals surface area contributed by atoms with E-state index in [0.717, 1.165) is 0 Å². The minimum atomic E-state index is 0.121. The molecule has 0 aliphatic rings. The number of halogens is 1. The van der Waals surface area contributed by atoms with Gasteiger partial charge in [-0.25, -0.2) is 3.53 Å². The summed E-state index contributed by atoms with van der Waals surface area (Å²) in [6.07, 6.45) is 0.121. The third-order valence-corrected chi connectivity index (χ3v) is 1.15. The van der Waals surface area contributed by atoms with Crippen LogP contribution < -0.4 is 9.26 Å². The predicted molar refractivity (Wildman–Crippen MR) is 30.8 cm³/mol. The fourth-order valence-corrected chi connectivity index (χ4v) is 0. The maximum absolute atomic E-state index is 5.17. The molecule has 32 valence electrons. The van der Waals surface area contributed by atoms with Crippen molar-refractivity contribution in [3.63, 3.8) is 0 Å². The molecule has 1 unspecified atom stereocenters. The molecule has 0 spiro atoms. The highest BCUT2D eigenvalue weighted by Crippen LogP contribution is 1.69. The molecule has 0 aromatic carbocycles. The first kappa shape index (κ1) is 5.65. The van der Waals surface area contributed by atoms with Gasteiger partial charge in [-0.05, 0) is 6.92 Å². The van der Waals surface area contributed by atoms with E-state index < -0.39 is 0 Å². The van der Waals surface area contributed by atoms with Crippen LogP contribution in [0.3, 0.4) is 0 Å². The molecule has 0 fully saturated rings. The molecule has 3 heteroatoms. The zero-order valence-electron chi connectivity index (χ0n) is 3.03. The van der Waals surface area contributed by atoms with Gasteiger partial charge in [0.15, 0.2) is 0 Å². The highest BCUT2D eigenvalue weighted by molar-refractivity contribution is 14.1. The minimum absolute atomic E-state index is 0.121. The molecule has 0 aromatic heterocycles. The molecule has 0 aliphatic carbocycles. The van der Waals surface area contributed by atoms with E-state index in [9.17, 15) is 0 Å². The van der Waals surface area contributed by atoms with E-state index >= 15 is 0 Å². The molecule has 2 nitrogen and oxygen atoms in total. The average molecular weight is 186 g/mol. The van der Waals surface area contributed by atoms with Gasteiger partial charge in [-0.2, -0.15) is 0 Å². The van der Waals surface area contributed by atoms with Gasteiger partial charge >= 0.3 is 0 Å². The maximum Gasteiger partial charge on any atom is 0.0606 e. The van der Waals surface area contributed by atoms with Crippen LogP contribution in [0.2, 0.25) is 0 Å². The summed E-state index contributed by atoms with van der Waals surface area (Å²) >= 11 is 2.00. The zero-order chi connectivity index (χ0) is 4.28. The topological polar surface area (TPSA) is 38.0 Å². The SMILES string of the molecule is CC(N)NI. The molecular weight excluding hydrogens is 179 g/mol. The summed E-state index contributed by atoms with van der Waals surface area (Å²) in [5.74, 6) is 0. The average Bonchev–Trinajstić information content (AvgIpc) is 1.38. The van der Waals surface area contributed by atoms with E-state index in [1.54, 1.807) is 0 Å². The molecule has 3 N–H and O–H groups in total. The summed E-state index contributed by atoms with van der Waals surface area (Å²) in [4.78, 5) is 0. The number of hydrogen-bond acceptors (Lipinski definition) is 2. The van der Waals surface area contributed by atoms with Crippen molar-refractivity contribution in [2.75, 3.05) is 0 Å². The van der Waals surface area contributed by atoms with Gasteiger partial charge in [0.25, 0.3) is 0 Å². The molecule has 0 radical (unpaired) electrons. The molecule has 0 amide bonds. The molecule has 1 atom stereocenters. The normalized spacial score (nSPS) is 15.0. The van der Waals surface area contributed by atoms with Gasteiger partial charge in [-0.15, -0.1) is 0 Å². The van der Waals surface area contributed by atoms with Crippen LogP contribution in [0.4, 0.5) is 0 Å². The van der Waals surface area contributed by atoms with Gasteiger partial charge in [-0.1, -0.05) is 0 Å². The lowest BCUT2D eigenvalue weighted by Gasteiger charge is -1.93. The van der Waals surface area contributed by atoms with Crippen LogP contribution in [-0.4, -0.2) is 6.17 Å². The monoisotopic (exact) mass is 186 g/mol. The van der Waals surface area contributed by atoms with E-state index in [1.807, 2.05) is 29.8 Å². The summed E-state index contributed by atoms with van der Waals surface area (Å²) in [6, 6.07) is 0. The maximum atomic E-state index is 5.17. The Bertz CT molecular complexity index is 21.6. The lowest BCUT2D eigenvalue weighted by molar-refractivity contribution is 0.754. The van der Waals surface area contributed by atoms with Crippen molar-refractivity contribution in [2.45, 2.75) is 13.1 Å². The van der Waals surface area contributed by atoms with Crippen molar-refractivity contribution >= 4 is 22.9 Å². The van der Waals surface area contributed by atoms with Crippen LogP contribution in [-0.2, 0) is 0 Å². The van der Waals surface area contributed by atoms with Crippen molar-refractivity contribution in [3.8, 4) is 0 Å². The van der Waals surface area contributed by atoms with Gasteiger partial charge in [0.1, 0.15) is 0 Å². The smallest absolute Gasteiger partial charge is 0.0606 e. The summed E-state index contributed by atoms with van der Waals surface area (Å²) in [5, 5.41) is 0. The Morgan fingerprint density at radius 1 is 2.00 bits per heavy atom. The quantitative estimate of drug-likeness (QED) is 0.349. The van der Waals surface area contributed by atoms with Gasteiger partial charge in [0.2, 0.25) is 0 Å². The Kier molecular flexibility index (Phi) is 3.24. The van der Waals surface area contributed by atoms with Gasteiger partial charge in [0.05, 0.1) is 6.17 Å². The first-order valence-electron chi connectivity index (χ1n) is 1.39. The highest BCUT2D eigenvalue weighted by Gasteiger charge is 1.78. The number of nitrogens with two attached hydrogens (primary N) is 1. The van der Waals surface area contributed by atoms with Gasteiger partial charge in [0, 0.05) is 22.9 Å². The fourth-order valence-electron chi connectivity index (χ4n) is 0. The van der Waals surface area contributed by atoms with Crippen LogP contribution in [0.15, 0.2) is 0 Å². The molecule has 5 heavy (non-hydrogen) atoms. The molecule has 0 bridgehead atoms. The second kappa shape index (κ2) is 2.87. The molecule has 0 saturated heterocycles.